The van der Waals surface area contributed by atoms with Gasteiger partial charge in [0.25, 0.3) is 0 Å². The van der Waals surface area contributed by atoms with Gasteiger partial charge in [0.2, 0.25) is 0 Å². The van der Waals surface area contributed by atoms with Crippen molar-refractivity contribution in [3.8, 4) is 5.75 Å². The molecule has 0 aliphatic carbocycles. The minimum Gasteiger partial charge on any atom is -0.489 e. The fourth-order valence-electron chi connectivity index (χ4n) is 1.06. The number of benzene rings is 1. The van der Waals surface area contributed by atoms with Crippen LogP contribution in [0.5, 0.6) is 5.75 Å². The van der Waals surface area contributed by atoms with Gasteiger partial charge >= 0.3 is 0 Å². The first kappa shape index (κ1) is 11.9. The molecule has 1 nitrogen and oxygen atoms in total. The zero-order chi connectivity index (χ0) is 6.81. The number of hydrogen-bond donors (Lipinski definition) is 0. The molecule has 0 fully saturated rings. The molecule has 0 saturated carbocycles. The Morgan fingerprint density at radius 1 is 1.17 bits per heavy atom. The molecule has 0 bridgehead atoms. The predicted octanol–water partition coefficient (Wildman–Crippen LogP) is 2.09. The van der Waals surface area contributed by atoms with Gasteiger partial charge in [-0.05, 0) is 12.1 Å². The van der Waals surface area contributed by atoms with Crippen molar-refractivity contribution in [2.24, 2.45) is 0 Å². The Labute approximate surface area is 95.4 Å². The van der Waals surface area contributed by atoms with Gasteiger partial charge in [-0.3, -0.25) is 0 Å². The second-order valence-corrected chi connectivity index (χ2v) is 2.25. The number of hydrogen-bond acceptors (Lipinski definition) is 1. The summed E-state index contributed by atoms with van der Waals surface area (Å²) in [7, 11) is 0. The summed E-state index contributed by atoms with van der Waals surface area (Å²) in [6, 6.07) is 8.03. The van der Waals surface area contributed by atoms with Crippen molar-refractivity contribution in [2.45, 2.75) is 0 Å². The number of para-hydroxylation sites is 1. The van der Waals surface area contributed by atoms with Crippen LogP contribution in [-0.4, -0.2) is 6.61 Å². The maximum Gasteiger partial charge on any atom is 0.126 e. The molecule has 0 saturated heterocycles. The van der Waals surface area contributed by atoms with Crippen LogP contribution in [0.15, 0.2) is 30.3 Å². The average molecular weight is 252 g/mol. The van der Waals surface area contributed by atoms with Crippen LogP contribution in [0.25, 0.3) is 6.08 Å². The van der Waals surface area contributed by atoms with Crippen LogP contribution in [-0.2, 0) is 36.5 Å². The zero-order valence-electron chi connectivity index (χ0n) is 6.66. The van der Waals surface area contributed by atoms with E-state index in [0.29, 0.717) is 6.61 Å². The molecule has 0 unspecified atom stereocenters. The van der Waals surface area contributed by atoms with E-state index in [4.69, 9.17) is 4.74 Å². The summed E-state index contributed by atoms with van der Waals surface area (Å²) in [6.07, 6.45) is 4.10. The SMILES string of the molecule is C1=Cc2ccccc2OC1.[Mn].[Zn]. The summed E-state index contributed by atoms with van der Waals surface area (Å²) in [5, 5.41) is 0. The van der Waals surface area contributed by atoms with Crippen molar-refractivity contribution in [1.29, 1.82) is 0 Å². The maximum atomic E-state index is 5.34. The maximum absolute atomic E-state index is 5.34. The summed E-state index contributed by atoms with van der Waals surface area (Å²) >= 11 is 0. The molecule has 1 aromatic rings. The van der Waals surface area contributed by atoms with Gasteiger partial charge in [-0.2, -0.15) is 0 Å². The van der Waals surface area contributed by atoms with Crippen molar-refractivity contribution < 1.29 is 41.3 Å². The van der Waals surface area contributed by atoms with E-state index in [2.05, 4.69) is 6.08 Å². The first-order valence-electron chi connectivity index (χ1n) is 3.35. The smallest absolute Gasteiger partial charge is 0.126 e. The average Bonchev–Trinajstić information content (AvgIpc) is 2.05. The van der Waals surface area contributed by atoms with Gasteiger partial charge in [0.1, 0.15) is 12.4 Å². The minimum atomic E-state index is 0. The van der Waals surface area contributed by atoms with Crippen molar-refractivity contribution in [1.82, 2.24) is 0 Å². The summed E-state index contributed by atoms with van der Waals surface area (Å²) < 4.78 is 5.34. The zero-order valence-corrected chi connectivity index (χ0v) is 10.8. The van der Waals surface area contributed by atoms with E-state index in [-0.39, 0.29) is 36.5 Å². The third kappa shape index (κ3) is 2.45. The normalized spacial score (nSPS) is 11.7. The van der Waals surface area contributed by atoms with Crippen molar-refractivity contribution in [3.05, 3.63) is 35.9 Å². The van der Waals surface area contributed by atoms with Crippen LogP contribution in [0.3, 0.4) is 0 Å². The molecule has 1 aliphatic heterocycles. The minimum absolute atomic E-state index is 0. The first-order valence-corrected chi connectivity index (χ1v) is 3.35. The summed E-state index contributed by atoms with van der Waals surface area (Å²) in [6.45, 7) is 0.705. The van der Waals surface area contributed by atoms with Gasteiger partial charge in [0.05, 0.1) is 0 Å². The Bertz CT molecular complexity index is 273. The van der Waals surface area contributed by atoms with Gasteiger partial charge in [-0.1, -0.05) is 24.3 Å². The van der Waals surface area contributed by atoms with Crippen LogP contribution in [0, 0.1) is 0 Å². The third-order valence-corrected chi connectivity index (χ3v) is 1.55. The molecule has 12 heavy (non-hydrogen) atoms. The van der Waals surface area contributed by atoms with E-state index >= 15 is 0 Å². The molecule has 0 aromatic heterocycles. The molecule has 0 amide bonds. The summed E-state index contributed by atoms with van der Waals surface area (Å²) in [5.74, 6) is 0.991. The fourth-order valence-corrected chi connectivity index (χ4v) is 1.06. The second-order valence-electron chi connectivity index (χ2n) is 2.25. The van der Waals surface area contributed by atoms with Gasteiger partial charge in [-0.25, -0.2) is 0 Å². The van der Waals surface area contributed by atoms with Crippen LogP contribution in [0.2, 0.25) is 0 Å². The number of rotatable bonds is 0. The van der Waals surface area contributed by atoms with E-state index in [1.54, 1.807) is 0 Å². The van der Waals surface area contributed by atoms with Crippen molar-refractivity contribution in [3.63, 3.8) is 0 Å². The summed E-state index contributed by atoms with van der Waals surface area (Å²) in [4.78, 5) is 0. The Morgan fingerprint density at radius 2 is 1.92 bits per heavy atom. The van der Waals surface area contributed by atoms with Crippen LogP contribution in [0.4, 0.5) is 0 Å². The van der Waals surface area contributed by atoms with Gasteiger partial charge in [0.15, 0.2) is 0 Å². The number of ether oxygens (including phenoxy) is 1. The molecule has 0 N–H and O–H groups in total. The molecule has 0 atom stereocenters. The van der Waals surface area contributed by atoms with E-state index in [0.717, 1.165) is 5.75 Å². The van der Waals surface area contributed by atoms with Crippen LogP contribution >= 0.6 is 0 Å². The molecule has 3 heteroatoms. The van der Waals surface area contributed by atoms with Gasteiger partial charge in [-0.15, -0.1) is 0 Å². The van der Waals surface area contributed by atoms with E-state index in [1.165, 1.54) is 5.56 Å². The second kappa shape index (κ2) is 5.53. The molecule has 1 aromatic carbocycles. The molecular weight excluding hydrogens is 244 g/mol. The Kier molecular flexibility index (Phi) is 5.49. The molecule has 2 rings (SSSR count). The fraction of sp³-hybridized carbons (Fsp3) is 0.111. The van der Waals surface area contributed by atoms with Crippen molar-refractivity contribution in [2.75, 3.05) is 6.61 Å². The van der Waals surface area contributed by atoms with E-state index in [1.807, 2.05) is 30.3 Å². The van der Waals surface area contributed by atoms with Gasteiger partial charge in [0, 0.05) is 42.1 Å². The van der Waals surface area contributed by atoms with E-state index < -0.39 is 0 Å². The quantitative estimate of drug-likeness (QED) is 0.643. The third-order valence-electron chi connectivity index (χ3n) is 1.55. The first-order chi connectivity index (χ1) is 4.97. The van der Waals surface area contributed by atoms with E-state index in [9.17, 15) is 0 Å². The summed E-state index contributed by atoms with van der Waals surface area (Å²) in [5.41, 5.74) is 1.17. The Hall–Kier alpha value is -0.0971. The Morgan fingerprint density at radius 3 is 2.67 bits per heavy atom. The van der Waals surface area contributed by atoms with Gasteiger partial charge < -0.3 is 4.74 Å². The molecule has 1 aliphatic rings. The standard InChI is InChI=1S/C9H8O.Mn.Zn/c1-2-6-9-8(4-1)5-3-7-10-9;;/h1-6H,7H2;;. The molecular formula is C9H8MnOZn. The monoisotopic (exact) mass is 251 g/mol. The number of fused-ring (bicyclic) bond motifs is 1. The molecule has 1 heterocycles. The van der Waals surface area contributed by atoms with Crippen LogP contribution < -0.4 is 4.74 Å². The predicted molar refractivity (Wildman–Crippen MR) is 41.0 cm³/mol. The molecule has 0 spiro atoms. The van der Waals surface area contributed by atoms with Crippen molar-refractivity contribution >= 4 is 6.08 Å². The van der Waals surface area contributed by atoms with Crippen LogP contribution in [0.1, 0.15) is 5.56 Å². The molecule has 1 radical (unpaired) electrons. The topological polar surface area (TPSA) is 9.23 Å². The molecule has 59 valence electrons. The Balaban J connectivity index is 0.000000605. The largest absolute Gasteiger partial charge is 0.489 e.